The van der Waals surface area contributed by atoms with E-state index in [1.807, 2.05) is 17.5 Å². The fraction of sp³-hybridized carbons (Fsp3) is 0.412. The molecule has 1 atom stereocenters. The summed E-state index contributed by atoms with van der Waals surface area (Å²) >= 11 is 1.49. The predicted molar refractivity (Wildman–Crippen MR) is 88.6 cm³/mol. The summed E-state index contributed by atoms with van der Waals surface area (Å²) < 4.78 is 46.0. The zero-order chi connectivity index (χ0) is 17.2. The highest BCUT2D eigenvalue weighted by Gasteiger charge is 2.38. The molecule has 130 valence electrons. The maximum atomic E-state index is 13.7. The molecular formula is C17H19F3N2OS. The number of thiophene rings is 1. The quantitative estimate of drug-likeness (QED) is 0.903. The molecule has 1 fully saturated rings. The van der Waals surface area contributed by atoms with Gasteiger partial charge in [-0.25, -0.2) is 0 Å². The molecule has 24 heavy (non-hydrogen) atoms. The number of halogens is 3. The minimum absolute atomic E-state index is 0.219. The summed E-state index contributed by atoms with van der Waals surface area (Å²) in [6.45, 7) is 2.98. The third-order valence-electron chi connectivity index (χ3n) is 4.19. The van der Waals surface area contributed by atoms with Crippen LogP contribution in [0.2, 0.25) is 0 Å². The number of hydrogen-bond donors (Lipinski definition) is 1. The second kappa shape index (κ2) is 7.13. The molecule has 1 aromatic heterocycles. The molecule has 7 heteroatoms. The van der Waals surface area contributed by atoms with E-state index in [9.17, 15) is 13.2 Å². The van der Waals surface area contributed by atoms with E-state index >= 15 is 0 Å². The first-order valence-electron chi connectivity index (χ1n) is 7.74. The Morgan fingerprint density at radius 3 is 2.54 bits per heavy atom. The molecule has 0 saturated carbocycles. The maximum Gasteiger partial charge on any atom is 0.416 e. The van der Waals surface area contributed by atoms with Gasteiger partial charge >= 0.3 is 6.18 Å². The molecule has 0 bridgehead atoms. The van der Waals surface area contributed by atoms with Gasteiger partial charge in [0.2, 0.25) is 0 Å². The highest BCUT2D eigenvalue weighted by atomic mass is 32.1. The molecule has 2 heterocycles. The number of alkyl halides is 3. The van der Waals surface area contributed by atoms with Gasteiger partial charge in [-0.15, -0.1) is 11.3 Å². The van der Waals surface area contributed by atoms with E-state index in [0.717, 1.165) is 24.0 Å². The molecule has 3 nitrogen and oxygen atoms in total. The number of rotatable bonds is 4. The van der Waals surface area contributed by atoms with Gasteiger partial charge in [0.05, 0.1) is 18.7 Å². The Kier molecular flexibility index (Phi) is 5.12. The van der Waals surface area contributed by atoms with Crippen LogP contribution >= 0.6 is 11.3 Å². The molecule has 1 saturated heterocycles. The maximum absolute atomic E-state index is 13.7. The lowest BCUT2D eigenvalue weighted by atomic mass is 9.96. The zero-order valence-electron chi connectivity index (χ0n) is 13.3. The minimum Gasteiger partial charge on any atom is -0.497 e. The van der Waals surface area contributed by atoms with Crippen LogP contribution in [0.1, 0.15) is 22.0 Å². The topological polar surface area (TPSA) is 24.5 Å². The molecule has 0 amide bonds. The van der Waals surface area contributed by atoms with Crippen molar-refractivity contribution in [3.63, 3.8) is 0 Å². The molecule has 0 unspecified atom stereocenters. The van der Waals surface area contributed by atoms with Gasteiger partial charge in [0, 0.05) is 31.1 Å². The van der Waals surface area contributed by atoms with Gasteiger partial charge in [-0.3, -0.25) is 4.90 Å². The highest BCUT2D eigenvalue weighted by molar-refractivity contribution is 7.10. The molecule has 1 aliphatic heterocycles. The standard InChI is InChI=1S/C17H19F3N2OS/c1-23-12-4-5-13(14(11-12)17(18,19)20)16(15-3-2-10-24-15)22-8-6-21-7-9-22/h2-5,10-11,16,21H,6-9H2,1H3/t16-/m0/s1. The van der Waals surface area contributed by atoms with Crippen molar-refractivity contribution in [3.8, 4) is 5.75 Å². The Morgan fingerprint density at radius 2 is 1.96 bits per heavy atom. The number of methoxy groups -OCH3 is 1. The van der Waals surface area contributed by atoms with Crippen LogP contribution in [0, 0.1) is 0 Å². The molecule has 2 aromatic rings. The van der Waals surface area contributed by atoms with Crippen molar-refractivity contribution in [2.24, 2.45) is 0 Å². The third-order valence-corrected chi connectivity index (χ3v) is 5.11. The lowest BCUT2D eigenvalue weighted by molar-refractivity contribution is -0.138. The van der Waals surface area contributed by atoms with Crippen LogP contribution in [0.4, 0.5) is 13.2 Å². The number of piperazine rings is 1. The van der Waals surface area contributed by atoms with E-state index in [4.69, 9.17) is 4.74 Å². The van der Waals surface area contributed by atoms with Crippen molar-refractivity contribution in [1.29, 1.82) is 0 Å². The van der Waals surface area contributed by atoms with Crippen molar-refractivity contribution in [3.05, 3.63) is 51.7 Å². The Labute approximate surface area is 143 Å². The summed E-state index contributed by atoms with van der Waals surface area (Å²) in [5, 5.41) is 5.15. The van der Waals surface area contributed by atoms with Crippen LogP contribution in [-0.4, -0.2) is 38.2 Å². The summed E-state index contributed by atoms with van der Waals surface area (Å²) in [5.74, 6) is 0.219. The van der Waals surface area contributed by atoms with Crippen molar-refractivity contribution in [2.45, 2.75) is 12.2 Å². The van der Waals surface area contributed by atoms with Crippen LogP contribution in [0.3, 0.4) is 0 Å². The van der Waals surface area contributed by atoms with E-state index in [1.54, 1.807) is 12.1 Å². The van der Waals surface area contributed by atoms with E-state index in [0.29, 0.717) is 13.1 Å². The van der Waals surface area contributed by atoms with Gasteiger partial charge in [-0.05, 0) is 29.1 Å². The van der Waals surface area contributed by atoms with Crippen LogP contribution in [-0.2, 0) is 6.18 Å². The van der Waals surface area contributed by atoms with E-state index in [1.165, 1.54) is 18.4 Å². The fourth-order valence-electron chi connectivity index (χ4n) is 3.06. The van der Waals surface area contributed by atoms with Crippen molar-refractivity contribution in [2.75, 3.05) is 33.3 Å². The molecule has 0 spiro atoms. The Hall–Kier alpha value is -1.57. The average Bonchev–Trinajstić information content (AvgIpc) is 3.09. The number of nitrogens with one attached hydrogen (secondary N) is 1. The second-order valence-electron chi connectivity index (χ2n) is 5.65. The molecule has 3 rings (SSSR count). The van der Waals surface area contributed by atoms with Gasteiger partial charge in [0.1, 0.15) is 5.75 Å². The lowest BCUT2D eigenvalue weighted by Gasteiger charge is -2.36. The Morgan fingerprint density at radius 1 is 1.21 bits per heavy atom. The first-order valence-corrected chi connectivity index (χ1v) is 8.62. The van der Waals surface area contributed by atoms with Crippen LogP contribution in [0.15, 0.2) is 35.7 Å². The minimum atomic E-state index is -4.42. The summed E-state index contributed by atoms with van der Waals surface area (Å²) in [5.41, 5.74) is -0.341. The van der Waals surface area contributed by atoms with Crippen LogP contribution in [0.5, 0.6) is 5.75 Å². The third kappa shape index (κ3) is 3.58. The molecule has 0 aliphatic carbocycles. The first-order chi connectivity index (χ1) is 11.5. The largest absolute Gasteiger partial charge is 0.497 e. The fourth-order valence-corrected chi connectivity index (χ4v) is 3.94. The van der Waals surface area contributed by atoms with Crippen molar-refractivity contribution >= 4 is 11.3 Å². The first kappa shape index (κ1) is 17.3. The van der Waals surface area contributed by atoms with Gasteiger partial charge in [-0.1, -0.05) is 12.1 Å². The second-order valence-corrected chi connectivity index (χ2v) is 6.63. The summed E-state index contributed by atoms with van der Waals surface area (Å²) in [4.78, 5) is 3.03. The van der Waals surface area contributed by atoms with Gasteiger partial charge in [0.15, 0.2) is 0 Å². The summed E-state index contributed by atoms with van der Waals surface area (Å²) in [6.07, 6.45) is -4.42. The average molecular weight is 356 g/mol. The van der Waals surface area contributed by atoms with Crippen molar-refractivity contribution < 1.29 is 17.9 Å². The molecular weight excluding hydrogens is 337 g/mol. The lowest BCUT2D eigenvalue weighted by Crippen LogP contribution is -2.45. The summed E-state index contributed by atoms with van der Waals surface area (Å²) in [6, 6.07) is 7.64. The Bertz CT molecular complexity index is 667. The van der Waals surface area contributed by atoms with Crippen molar-refractivity contribution in [1.82, 2.24) is 10.2 Å². The molecule has 1 aromatic carbocycles. The van der Waals surface area contributed by atoms with E-state index in [2.05, 4.69) is 10.2 Å². The zero-order valence-corrected chi connectivity index (χ0v) is 14.1. The Balaban J connectivity index is 2.10. The van der Waals surface area contributed by atoms with Gasteiger partial charge in [0.25, 0.3) is 0 Å². The number of benzene rings is 1. The van der Waals surface area contributed by atoms with E-state index < -0.39 is 17.8 Å². The smallest absolute Gasteiger partial charge is 0.416 e. The van der Waals surface area contributed by atoms with E-state index in [-0.39, 0.29) is 11.3 Å². The monoisotopic (exact) mass is 356 g/mol. The van der Waals surface area contributed by atoms with Gasteiger partial charge in [-0.2, -0.15) is 13.2 Å². The number of nitrogens with zero attached hydrogens (tertiary/aromatic N) is 1. The number of hydrogen-bond acceptors (Lipinski definition) is 4. The highest BCUT2D eigenvalue weighted by Crippen LogP contribution is 2.41. The molecule has 0 radical (unpaired) electrons. The summed E-state index contributed by atoms with van der Waals surface area (Å²) in [7, 11) is 1.38. The SMILES string of the molecule is COc1ccc([C@@H](c2cccs2)N2CCNCC2)c(C(F)(F)F)c1. The normalized spacial score (nSPS) is 17.7. The molecule has 1 aliphatic rings. The molecule has 1 N–H and O–H groups in total. The van der Waals surface area contributed by atoms with Gasteiger partial charge < -0.3 is 10.1 Å². The number of ether oxygens (including phenoxy) is 1. The predicted octanol–water partition coefficient (Wildman–Crippen LogP) is 3.77. The van der Waals surface area contributed by atoms with Crippen LogP contribution < -0.4 is 10.1 Å². The van der Waals surface area contributed by atoms with Crippen LogP contribution in [0.25, 0.3) is 0 Å².